The van der Waals surface area contributed by atoms with E-state index in [4.69, 9.17) is 0 Å². The highest BCUT2D eigenvalue weighted by atomic mass is 16.2. The molecule has 0 aliphatic carbocycles. The molecule has 1 heterocycles. The van der Waals surface area contributed by atoms with Crippen molar-refractivity contribution in [3.63, 3.8) is 0 Å². The summed E-state index contributed by atoms with van der Waals surface area (Å²) in [5.41, 5.74) is 1.68. The van der Waals surface area contributed by atoms with Gasteiger partial charge in [-0.05, 0) is 45.0 Å². The Hall–Kier alpha value is -2.76. The average molecular weight is 312 g/mol. The van der Waals surface area contributed by atoms with Crippen LogP contribution in [0.2, 0.25) is 0 Å². The molecule has 0 fully saturated rings. The molecule has 23 heavy (non-hydrogen) atoms. The summed E-state index contributed by atoms with van der Waals surface area (Å²) in [6.45, 7) is 6.63. The Morgan fingerprint density at radius 1 is 1.09 bits per heavy atom. The summed E-state index contributed by atoms with van der Waals surface area (Å²) >= 11 is 0. The second-order valence-electron chi connectivity index (χ2n) is 5.04. The lowest BCUT2D eigenvalue weighted by Crippen LogP contribution is -2.31. The van der Waals surface area contributed by atoms with E-state index < -0.39 is 0 Å². The first-order valence-corrected chi connectivity index (χ1v) is 7.56. The van der Waals surface area contributed by atoms with Gasteiger partial charge < -0.3 is 10.2 Å². The van der Waals surface area contributed by atoms with Crippen LogP contribution in [0.4, 0.5) is 11.5 Å². The number of Topliss-reactive ketones (excluding diaryl/α,β-unsaturated/α-hetero) is 1. The summed E-state index contributed by atoms with van der Waals surface area (Å²) in [4.78, 5) is 25.2. The Bertz CT molecular complexity index is 694. The Labute approximate surface area is 135 Å². The van der Waals surface area contributed by atoms with Gasteiger partial charge in [0.15, 0.2) is 17.3 Å². The Kier molecular flexibility index (Phi) is 5.41. The van der Waals surface area contributed by atoms with E-state index in [0.29, 0.717) is 30.2 Å². The van der Waals surface area contributed by atoms with Gasteiger partial charge in [0.25, 0.3) is 5.91 Å². The number of hydrogen-bond donors (Lipinski definition) is 1. The number of carbonyl (C=O) groups excluding carboxylic acids is 2. The first-order valence-electron chi connectivity index (χ1n) is 7.56. The molecule has 0 spiro atoms. The summed E-state index contributed by atoms with van der Waals surface area (Å²) in [7, 11) is 0. The lowest BCUT2D eigenvalue weighted by atomic mass is 10.1. The molecule has 6 heteroatoms. The van der Waals surface area contributed by atoms with Crippen molar-refractivity contribution in [1.82, 2.24) is 15.1 Å². The standard InChI is InChI=1S/C17H20N4O2/c1-4-21(5-2)17(23)15-9-10-16(20-19-15)18-14-8-6-7-13(11-14)12(3)22/h6-11H,4-5H2,1-3H3,(H,18,20). The molecule has 0 aliphatic heterocycles. The fraction of sp³-hybridized carbons (Fsp3) is 0.294. The first-order chi connectivity index (χ1) is 11.0. The van der Waals surface area contributed by atoms with E-state index >= 15 is 0 Å². The molecule has 1 amide bonds. The van der Waals surface area contributed by atoms with Crippen molar-refractivity contribution < 1.29 is 9.59 Å². The van der Waals surface area contributed by atoms with Crippen LogP contribution in [0.25, 0.3) is 0 Å². The van der Waals surface area contributed by atoms with Gasteiger partial charge in [-0.25, -0.2) is 0 Å². The maximum atomic E-state index is 12.2. The van der Waals surface area contributed by atoms with Crippen molar-refractivity contribution in [1.29, 1.82) is 0 Å². The van der Waals surface area contributed by atoms with Crippen LogP contribution in [0.5, 0.6) is 0 Å². The van der Waals surface area contributed by atoms with Crippen molar-refractivity contribution in [3.05, 3.63) is 47.7 Å². The minimum absolute atomic E-state index is 0.0000913. The van der Waals surface area contributed by atoms with E-state index in [0.717, 1.165) is 5.69 Å². The van der Waals surface area contributed by atoms with Crippen molar-refractivity contribution in [3.8, 4) is 0 Å². The van der Waals surface area contributed by atoms with Crippen molar-refractivity contribution >= 4 is 23.2 Å². The predicted molar refractivity (Wildman–Crippen MR) is 89.0 cm³/mol. The SMILES string of the molecule is CCN(CC)C(=O)c1ccc(Nc2cccc(C(C)=O)c2)nn1. The van der Waals surface area contributed by atoms with E-state index in [1.54, 1.807) is 35.2 Å². The number of nitrogens with zero attached hydrogens (tertiary/aromatic N) is 3. The predicted octanol–water partition coefficient (Wildman–Crippen LogP) is 2.90. The molecule has 2 rings (SSSR count). The quantitative estimate of drug-likeness (QED) is 0.830. The van der Waals surface area contributed by atoms with E-state index in [-0.39, 0.29) is 11.7 Å². The van der Waals surface area contributed by atoms with Gasteiger partial charge in [0, 0.05) is 24.3 Å². The third kappa shape index (κ3) is 4.12. The maximum Gasteiger partial charge on any atom is 0.274 e. The largest absolute Gasteiger partial charge is 0.339 e. The van der Waals surface area contributed by atoms with Crippen LogP contribution in [0, 0.1) is 0 Å². The van der Waals surface area contributed by atoms with E-state index in [1.807, 2.05) is 19.9 Å². The third-order valence-corrected chi connectivity index (χ3v) is 3.48. The minimum Gasteiger partial charge on any atom is -0.339 e. The summed E-state index contributed by atoms with van der Waals surface area (Å²) in [5.74, 6) is 0.384. The molecular formula is C17H20N4O2. The number of benzene rings is 1. The van der Waals surface area contributed by atoms with E-state index in [2.05, 4.69) is 15.5 Å². The zero-order valence-corrected chi connectivity index (χ0v) is 13.5. The van der Waals surface area contributed by atoms with E-state index in [1.165, 1.54) is 6.92 Å². The summed E-state index contributed by atoms with van der Waals surface area (Å²) in [6, 6.07) is 10.5. The van der Waals surface area contributed by atoms with Crippen LogP contribution >= 0.6 is 0 Å². The molecule has 1 N–H and O–H groups in total. The van der Waals surface area contributed by atoms with Crippen LogP contribution in [-0.2, 0) is 0 Å². The molecule has 1 aromatic heterocycles. The highest BCUT2D eigenvalue weighted by molar-refractivity contribution is 5.95. The lowest BCUT2D eigenvalue weighted by Gasteiger charge is -2.17. The number of nitrogens with one attached hydrogen (secondary N) is 1. The number of hydrogen-bond acceptors (Lipinski definition) is 5. The van der Waals surface area contributed by atoms with Gasteiger partial charge in [-0.1, -0.05) is 12.1 Å². The van der Waals surface area contributed by atoms with Gasteiger partial charge in [-0.15, -0.1) is 10.2 Å². The van der Waals surface area contributed by atoms with Crippen LogP contribution in [-0.4, -0.2) is 39.9 Å². The summed E-state index contributed by atoms with van der Waals surface area (Å²) < 4.78 is 0. The van der Waals surface area contributed by atoms with Crippen LogP contribution in [0.15, 0.2) is 36.4 Å². The van der Waals surface area contributed by atoms with Gasteiger partial charge >= 0.3 is 0 Å². The molecule has 1 aromatic carbocycles. The molecule has 0 atom stereocenters. The molecule has 120 valence electrons. The van der Waals surface area contributed by atoms with Crippen molar-refractivity contribution in [2.45, 2.75) is 20.8 Å². The number of anilines is 2. The normalized spacial score (nSPS) is 10.2. The smallest absolute Gasteiger partial charge is 0.274 e. The monoisotopic (exact) mass is 312 g/mol. The molecule has 0 saturated carbocycles. The highest BCUT2D eigenvalue weighted by Gasteiger charge is 2.14. The molecule has 0 bridgehead atoms. The van der Waals surface area contributed by atoms with Gasteiger partial charge in [-0.2, -0.15) is 0 Å². The molecule has 0 saturated heterocycles. The lowest BCUT2D eigenvalue weighted by molar-refractivity contribution is 0.0765. The number of carbonyl (C=O) groups is 2. The van der Waals surface area contributed by atoms with Gasteiger partial charge in [0.1, 0.15) is 0 Å². The molecule has 6 nitrogen and oxygen atoms in total. The van der Waals surface area contributed by atoms with Crippen LogP contribution in [0.1, 0.15) is 41.6 Å². The first kappa shape index (κ1) is 16.6. The molecule has 0 radical (unpaired) electrons. The Morgan fingerprint density at radius 2 is 1.83 bits per heavy atom. The maximum absolute atomic E-state index is 12.2. The van der Waals surface area contributed by atoms with Crippen LogP contribution < -0.4 is 5.32 Å². The van der Waals surface area contributed by atoms with E-state index in [9.17, 15) is 9.59 Å². The molecule has 0 unspecified atom stereocenters. The van der Waals surface area contributed by atoms with Crippen molar-refractivity contribution in [2.75, 3.05) is 18.4 Å². The number of rotatable bonds is 6. The second kappa shape index (κ2) is 7.49. The highest BCUT2D eigenvalue weighted by Crippen LogP contribution is 2.16. The summed E-state index contributed by atoms with van der Waals surface area (Å²) in [5, 5.41) is 11.1. The Balaban J connectivity index is 2.12. The third-order valence-electron chi connectivity index (χ3n) is 3.48. The average Bonchev–Trinajstić information content (AvgIpc) is 2.56. The molecular weight excluding hydrogens is 292 g/mol. The molecule has 2 aromatic rings. The van der Waals surface area contributed by atoms with Gasteiger partial charge in [0.2, 0.25) is 0 Å². The number of amides is 1. The minimum atomic E-state index is -0.132. The summed E-state index contributed by atoms with van der Waals surface area (Å²) in [6.07, 6.45) is 0. The number of aromatic nitrogens is 2. The number of ketones is 1. The second-order valence-corrected chi connectivity index (χ2v) is 5.04. The topological polar surface area (TPSA) is 75.2 Å². The fourth-order valence-corrected chi connectivity index (χ4v) is 2.15. The van der Waals surface area contributed by atoms with Gasteiger partial charge in [-0.3, -0.25) is 9.59 Å². The zero-order chi connectivity index (χ0) is 16.8. The van der Waals surface area contributed by atoms with Crippen LogP contribution in [0.3, 0.4) is 0 Å². The van der Waals surface area contributed by atoms with Gasteiger partial charge in [0.05, 0.1) is 0 Å². The molecule has 0 aliphatic rings. The zero-order valence-electron chi connectivity index (χ0n) is 13.5. The Morgan fingerprint density at radius 3 is 2.39 bits per heavy atom. The van der Waals surface area contributed by atoms with Crippen molar-refractivity contribution in [2.24, 2.45) is 0 Å². The fourth-order valence-electron chi connectivity index (χ4n) is 2.15.